The van der Waals surface area contributed by atoms with Gasteiger partial charge in [-0.1, -0.05) is 0 Å². The van der Waals surface area contributed by atoms with Crippen LogP contribution in [0.1, 0.15) is 27.0 Å². The van der Waals surface area contributed by atoms with Crippen molar-refractivity contribution >= 4 is 49.1 Å². The lowest BCUT2D eigenvalue weighted by Crippen LogP contribution is -2.21. The molecule has 0 bridgehead atoms. The van der Waals surface area contributed by atoms with Gasteiger partial charge in [0.1, 0.15) is 5.76 Å². The summed E-state index contributed by atoms with van der Waals surface area (Å²) in [5.41, 5.74) is 0.848. The number of rotatable bonds is 3. The summed E-state index contributed by atoms with van der Waals surface area (Å²) < 4.78 is 7.16. The first-order valence-corrected chi connectivity index (χ1v) is 7.53. The van der Waals surface area contributed by atoms with Gasteiger partial charge in [0.05, 0.1) is 20.9 Å². The Morgan fingerprint density at radius 3 is 2.72 bits per heavy atom. The van der Waals surface area contributed by atoms with Gasteiger partial charge < -0.3 is 9.73 Å². The molecule has 0 aliphatic carbocycles. The van der Waals surface area contributed by atoms with Crippen LogP contribution in [-0.4, -0.2) is 10.9 Å². The molecule has 7 heteroatoms. The number of amides is 1. The Bertz CT molecular complexity index is 553. The number of aromatic nitrogens is 1. The van der Waals surface area contributed by atoms with Crippen LogP contribution < -0.4 is 5.32 Å². The van der Waals surface area contributed by atoms with Crippen molar-refractivity contribution in [3.05, 3.63) is 36.5 Å². The molecule has 0 saturated heterocycles. The average molecular weight is 394 g/mol. The Hall–Kier alpha value is -0.660. The number of carbonyl (C=O) groups excluding carboxylic acids is 1. The number of nitrogens with zero attached hydrogens (tertiary/aromatic N) is 1. The Kier molecular flexibility index (Phi) is 4.24. The summed E-state index contributed by atoms with van der Waals surface area (Å²) >= 11 is 8.07. The normalized spacial score (nSPS) is 10.7. The number of hydrogen-bond donors (Lipinski definition) is 1. The van der Waals surface area contributed by atoms with Crippen LogP contribution in [0.5, 0.6) is 0 Å². The van der Waals surface area contributed by atoms with Crippen LogP contribution in [0.2, 0.25) is 0 Å². The lowest BCUT2D eigenvalue weighted by atomic mass is 10.4. The standard InChI is InChI=1S/C11H10Br2N2O2S/c1-5-6(2)17-9(15-5)4-14-11(16)8-3-7(12)10(13)18-8/h3H,4H2,1-2H3,(H,14,16). The maximum atomic E-state index is 11.9. The van der Waals surface area contributed by atoms with Crippen LogP contribution >= 0.6 is 43.2 Å². The van der Waals surface area contributed by atoms with E-state index in [-0.39, 0.29) is 5.91 Å². The van der Waals surface area contributed by atoms with E-state index in [1.54, 1.807) is 6.07 Å². The van der Waals surface area contributed by atoms with Crippen molar-refractivity contribution in [1.29, 1.82) is 0 Å². The SMILES string of the molecule is Cc1nc(CNC(=O)c2cc(Br)c(Br)s2)oc1C. The van der Waals surface area contributed by atoms with Crippen LogP contribution in [0.25, 0.3) is 0 Å². The van der Waals surface area contributed by atoms with Crippen molar-refractivity contribution in [2.24, 2.45) is 0 Å². The van der Waals surface area contributed by atoms with Gasteiger partial charge in [-0.25, -0.2) is 4.98 Å². The first kappa shape index (κ1) is 13.8. The van der Waals surface area contributed by atoms with Gasteiger partial charge in [0.2, 0.25) is 5.89 Å². The number of carbonyl (C=O) groups is 1. The van der Waals surface area contributed by atoms with Gasteiger partial charge >= 0.3 is 0 Å². The minimum atomic E-state index is -0.139. The molecule has 0 aliphatic heterocycles. The summed E-state index contributed by atoms with van der Waals surface area (Å²) in [4.78, 5) is 16.7. The molecule has 0 spiro atoms. The molecule has 2 aromatic heterocycles. The van der Waals surface area contributed by atoms with Crippen LogP contribution in [0.4, 0.5) is 0 Å². The van der Waals surface area contributed by atoms with E-state index in [2.05, 4.69) is 42.2 Å². The van der Waals surface area contributed by atoms with E-state index in [1.807, 2.05) is 13.8 Å². The lowest BCUT2D eigenvalue weighted by molar-refractivity contribution is 0.0951. The number of oxazole rings is 1. The summed E-state index contributed by atoms with van der Waals surface area (Å²) in [6.07, 6.45) is 0. The fourth-order valence-electron chi connectivity index (χ4n) is 1.32. The first-order chi connectivity index (χ1) is 8.47. The zero-order chi connectivity index (χ0) is 13.3. The van der Waals surface area contributed by atoms with Crippen molar-refractivity contribution < 1.29 is 9.21 Å². The summed E-state index contributed by atoms with van der Waals surface area (Å²) in [6, 6.07) is 1.77. The highest BCUT2D eigenvalue weighted by Crippen LogP contribution is 2.32. The van der Waals surface area contributed by atoms with E-state index in [4.69, 9.17) is 4.42 Å². The second-order valence-corrected chi connectivity index (χ2v) is 6.89. The fraction of sp³-hybridized carbons (Fsp3) is 0.273. The lowest BCUT2D eigenvalue weighted by Gasteiger charge is -1.99. The highest BCUT2D eigenvalue weighted by molar-refractivity contribution is 9.13. The van der Waals surface area contributed by atoms with Crippen LogP contribution in [0.3, 0.4) is 0 Å². The monoisotopic (exact) mass is 392 g/mol. The van der Waals surface area contributed by atoms with E-state index in [0.29, 0.717) is 17.3 Å². The van der Waals surface area contributed by atoms with Crippen LogP contribution in [-0.2, 0) is 6.54 Å². The van der Waals surface area contributed by atoms with E-state index in [0.717, 1.165) is 19.7 Å². The number of halogens is 2. The number of nitrogens with one attached hydrogen (secondary N) is 1. The molecular formula is C11H10Br2N2O2S. The molecule has 1 amide bonds. The second kappa shape index (κ2) is 5.54. The molecular weight excluding hydrogens is 384 g/mol. The van der Waals surface area contributed by atoms with Gasteiger partial charge in [-0.2, -0.15) is 0 Å². The Labute approximate surface area is 125 Å². The number of aryl methyl sites for hydroxylation is 2. The minimum Gasteiger partial charge on any atom is -0.444 e. The molecule has 2 heterocycles. The molecule has 0 saturated carbocycles. The average Bonchev–Trinajstić information content (AvgIpc) is 2.81. The van der Waals surface area contributed by atoms with Crippen LogP contribution in [0, 0.1) is 13.8 Å². The molecule has 0 unspecified atom stereocenters. The van der Waals surface area contributed by atoms with E-state index in [9.17, 15) is 4.79 Å². The van der Waals surface area contributed by atoms with Crippen molar-refractivity contribution in [2.75, 3.05) is 0 Å². The first-order valence-electron chi connectivity index (χ1n) is 5.13. The van der Waals surface area contributed by atoms with Crippen molar-refractivity contribution in [3.63, 3.8) is 0 Å². The molecule has 0 aromatic carbocycles. The Morgan fingerprint density at radius 1 is 1.50 bits per heavy atom. The minimum absolute atomic E-state index is 0.139. The Morgan fingerprint density at radius 2 is 2.22 bits per heavy atom. The highest BCUT2D eigenvalue weighted by atomic mass is 79.9. The fourth-order valence-corrected chi connectivity index (χ4v) is 3.27. The van der Waals surface area contributed by atoms with Gasteiger partial charge in [0.15, 0.2) is 0 Å². The predicted octanol–water partition coefficient (Wildman–Crippen LogP) is 3.81. The summed E-state index contributed by atoms with van der Waals surface area (Å²) in [5.74, 6) is 1.16. The van der Waals surface area contributed by atoms with Gasteiger partial charge in [-0.05, 0) is 51.8 Å². The summed E-state index contributed by atoms with van der Waals surface area (Å²) in [6.45, 7) is 4.01. The molecule has 2 rings (SSSR count). The molecule has 96 valence electrons. The molecule has 0 radical (unpaired) electrons. The molecule has 2 aromatic rings. The van der Waals surface area contributed by atoms with Crippen molar-refractivity contribution in [3.8, 4) is 0 Å². The quantitative estimate of drug-likeness (QED) is 0.862. The van der Waals surface area contributed by atoms with Gasteiger partial charge in [-0.3, -0.25) is 4.79 Å². The van der Waals surface area contributed by atoms with E-state index in [1.165, 1.54) is 11.3 Å². The number of thiophene rings is 1. The second-order valence-electron chi connectivity index (χ2n) is 3.66. The third-order valence-corrected chi connectivity index (χ3v) is 5.60. The van der Waals surface area contributed by atoms with Crippen molar-refractivity contribution in [2.45, 2.75) is 20.4 Å². The summed E-state index contributed by atoms with van der Waals surface area (Å²) in [7, 11) is 0. The van der Waals surface area contributed by atoms with Gasteiger partial charge in [0.25, 0.3) is 5.91 Å². The molecule has 4 nitrogen and oxygen atoms in total. The smallest absolute Gasteiger partial charge is 0.261 e. The zero-order valence-electron chi connectivity index (χ0n) is 9.71. The maximum absolute atomic E-state index is 11.9. The van der Waals surface area contributed by atoms with Crippen molar-refractivity contribution in [1.82, 2.24) is 10.3 Å². The van der Waals surface area contributed by atoms with Gasteiger partial charge in [0, 0.05) is 4.47 Å². The highest BCUT2D eigenvalue weighted by Gasteiger charge is 2.13. The topological polar surface area (TPSA) is 55.1 Å². The van der Waals surface area contributed by atoms with E-state index < -0.39 is 0 Å². The van der Waals surface area contributed by atoms with Crippen LogP contribution in [0.15, 0.2) is 18.7 Å². The van der Waals surface area contributed by atoms with Gasteiger partial charge in [-0.15, -0.1) is 11.3 Å². The zero-order valence-corrected chi connectivity index (χ0v) is 13.7. The maximum Gasteiger partial charge on any atom is 0.261 e. The molecule has 0 fully saturated rings. The molecule has 18 heavy (non-hydrogen) atoms. The number of hydrogen-bond acceptors (Lipinski definition) is 4. The predicted molar refractivity (Wildman–Crippen MR) is 76.9 cm³/mol. The Balaban J connectivity index is 2.00. The molecule has 1 N–H and O–H groups in total. The van der Waals surface area contributed by atoms with E-state index >= 15 is 0 Å². The molecule has 0 atom stereocenters. The largest absolute Gasteiger partial charge is 0.444 e. The summed E-state index contributed by atoms with van der Waals surface area (Å²) in [5, 5.41) is 2.77. The molecule has 0 aliphatic rings. The third-order valence-electron chi connectivity index (χ3n) is 2.34. The third kappa shape index (κ3) is 3.02.